The van der Waals surface area contributed by atoms with Crippen molar-refractivity contribution in [3.05, 3.63) is 34.9 Å². The van der Waals surface area contributed by atoms with Crippen molar-refractivity contribution in [1.29, 1.82) is 0 Å². The third-order valence-electron chi connectivity index (χ3n) is 5.99. The van der Waals surface area contributed by atoms with Crippen LogP contribution in [0, 0.1) is 0 Å². The van der Waals surface area contributed by atoms with E-state index in [2.05, 4.69) is 11.4 Å². The molecule has 0 aliphatic heterocycles. The van der Waals surface area contributed by atoms with Crippen molar-refractivity contribution in [3.8, 4) is 0 Å². The van der Waals surface area contributed by atoms with Gasteiger partial charge in [-0.25, -0.2) is 0 Å². The van der Waals surface area contributed by atoms with Gasteiger partial charge in [0, 0.05) is 30.5 Å². The van der Waals surface area contributed by atoms with Crippen molar-refractivity contribution in [1.82, 2.24) is 10.2 Å². The Balaban J connectivity index is 1.40. The highest BCUT2D eigenvalue weighted by molar-refractivity contribution is 5.98. The number of likely N-dealkylation sites (N-methyl/N-ethyl adjacent to an activating group) is 1. The Morgan fingerprint density at radius 2 is 1.82 bits per heavy atom. The molecular formula is C22H30N2O4. The molecule has 0 bridgehead atoms. The van der Waals surface area contributed by atoms with Crippen LogP contribution in [-0.4, -0.2) is 52.8 Å². The molecule has 0 heterocycles. The molecule has 1 fully saturated rings. The van der Waals surface area contributed by atoms with E-state index in [1.165, 1.54) is 24.0 Å². The van der Waals surface area contributed by atoms with Crippen molar-refractivity contribution in [3.63, 3.8) is 0 Å². The van der Waals surface area contributed by atoms with E-state index in [0.29, 0.717) is 12.1 Å². The highest BCUT2D eigenvalue weighted by Gasteiger charge is 2.34. The summed E-state index contributed by atoms with van der Waals surface area (Å²) in [6, 6.07) is 6.26. The molecule has 6 nitrogen and oxygen atoms in total. The summed E-state index contributed by atoms with van der Waals surface area (Å²) >= 11 is 0. The topological polar surface area (TPSA) is 86.7 Å². The molecule has 3 rings (SSSR count). The number of nitrogens with one attached hydrogen (secondary N) is 1. The number of rotatable bonds is 9. The normalized spacial score (nSPS) is 20.9. The summed E-state index contributed by atoms with van der Waals surface area (Å²) < 4.78 is 0. The first-order valence-electron chi connectivity index (χ1n) is 10.4. The van der Waals surface area contributed by atoms with Crippen molar-refractivity contribution in [2.75, 3.05) is 13.1 Å². The van der Waals surface area contributed by atoms with Gasteiger partial charge in [-0.05, 0) is 62.3 Å². The maximum atomic E-state index is 12.4. The minimum Gasteiger partial charge on any atom is -0.480 e. The Morgan fingerprint density at radius 1 is 1.11 bits per heavy atom. The number of benzene rings is 1. The van der Waals surface area contributed by atoms with Gasteiger partial charge < -0.3 is 10.4 Å². The first-order chi connectivity index (χ1) is 13.5. The fourth-order valence-corrected chi connectivity index (χ4v) is 4.25. The van der Waals surface area contributed by atoms with Gasteiger partial charge in [-0.1, -0.05) is 19.1 Å². The third kappa shape index (κ3) is 5.19. The number of carbonyl (C=O) groups is 3. The predicted octanol–water partition coefficient (Wildman–Crippen LogP) is 2.58. The van der Waals surface area contributed by atoms with Crippen LogP contribution in [0.2, 0.25) is 0 Å². The van der Waals surface area contributed by atoms with E-state index in [-0.39, 0.29) is 43.2 Å². The number of nitrogens with zero attached hydrogens (tertiary/aromatic N) is 1. The lowest BCUT2D eigenvalue weighted by Crippen LogP contribution is -2.54. The number of fused-ring (bicyclic) bond motifs is 1. The van der Waals surface area contributed by atoms with Crippen LogP contribution in [0.15, 0.2) is 18.2 Å². The number of carbonyl (C=O) groups excluding carboxylic acids is 2. The maximum absolute atomic E-state index is 12.4. The zero-order chi connectivity index (χ0) is 20.1. The van der Waals surface area contributed by atoms with Crippen LogP contribution in [-0.2, 0) is 22.4 Å². The van der Waals surface area contributed by atoms with Gasteiger partial charge in [0.2, 0.25) is 5.91 Å². The first kappa shape index (κ1) is 20.5. The van der Waals surface area contributed by atoms with Crippen LogP contribution in [0.3, 0.4) is 0 Å². The summed E-state index contributed by atoms with van der Waals surface area (Å²) in [5.74, 6) is -0.903. The number of carboxylic acids is 1. The van der Waals surface area contributed by atoms with Gasteiger partial charge in [0.25, 0.3) is 0 Å². The summed E-state index contributed by atoms with van der Waals surface area (Å²) in [7, 11) is 0. The van der Waals surface area contributed by atoms with Gasteiger partial charge in [-0.15, -0.1) is 0 Å². The highest BCUT2D eigenvalue weighted by atomic mass is 16.4. The molecule has 2 N–H and O–H groups in total. The Kier molecular flexibility index (Phi) is 6.83. The molecule has 0 saturated heterocycles. The average Bonchev–Trinajstić information content (AvgIpc) is 2.66. The number of aryl methyl sites for hydroxylation is 2. The molecule has 152 valence electrons. The van der Waals surface area contributed by atoms with E-state index < -0.39 is 5.97 Å². The summed E-state index contributed by atoms with van der Waals surface area (Å²) in [4.78, 5) is 37.4. The zero-order valence-corrected chi connectivity index (χ0v) is 16.6. The van der Waals surface area contributed by atoms with E-state index in [4.69, 9.17) is 5.11 Å². The van der Waals surface area contributed by atoms with Crippen LogP contribution in [0.25, 0.3) is 0 Å². The second-order valence-corrected chi connectivity index (χ2v) is 7.96. The molecule has 2 aliphatic carbocycles. The molecule has 1 amide bonds. The van der Waals surface area contributed by atoms with E-state index in [1.807, 2.05) is 24.0 Å². The molecule has 0 aromatic heterocycles. The highest BCUT2D eigenvalue weighted by Crippen LogP contribution is 2.26. The molecule has 1 aromatic carbocycles. The van der Waals surface area contributed by atoms with Gasteiger partial charge in [-0.2, -0.15) is 0 Å². The SMILES string of the molecule is CCN(CC(=O)O)C1CC(NC(=O)CCC(=O)c2ccc3c(c2)CCCC3)C1. The number of hydrogen-bond acceptors (Lipinski definition) is 4. The van der Waals surface area contributed by atoms with Gasteiger partial charge in [0.05, 0.1) is 6.54 Å². The lowest BCUT2D eigenvalue weighted by Gasteiger charge is -2.42. The van der Waals surface area contributed by atoms with Crippen molar-refractivity contribution >= 4 is 17.7 Å². The van der Waals surface area contributed by atoms with Crippen molar-refractivity contribution in [2.24, 2.45) is 0 Å². The third-order valence-corrected chi connectivity index (χ3v) is 5.99. The Bertz CT molecular complexity index is 740. The molecule has 2 aliphatic rings. The fraction of sp³-hybridized carbons (Fsp3) is 0.591. The van der Waals surface area contributed by atoms with Crippen molar-refractivity contribution in [2.45, 2.75) is 70.4 Å². The monoisotopic (exact) mass is 386 g/mol. The molecular weight excluding hydrogens is 356 g/mol. The largest absolute Gasteiger partial charge is 0.480 e. The van der Waals surface area contributed by atoms with E-state index >= 15 is 0 Å². The minimum absolute atomic E-state index is 0.0219. The lowest BCUT2D eigenvalue weighted by molar-refractivity contribution is -0.139. The second-order valence-electron chi connectivity index (χ2n) is 7.96. The van der Waals surface area contributed by atoms with E-state index in [0.717, 1.165) is 25.7 Å². The predicted molar refractivity (Wildman–Crippen MR) is 106 cm³/mol. The molecule has 0 radical (unpaired) electrons. The minimum atomic E-state index is -0.824. The van der Waals surface area contributed by atoms with E-state index in [1.54, 1.807) is 0 Å². The van der Waals surface area contributed by atoms with Gasteiger partial charge in [0.1, 0.15) is 0 Å². The summed E-state index contributed by atoms with van der Waals surface area (Å²) in [5.41, 5.74) is 3.34. The number of aliphatic carboxylic acids is 1. The molecule has 1 aromatic rings. The smallest absolute Gasteiger partial charge is 0.317 e. The Hall–Kier alpha value is -2.21. The molecule has 6 heteroatoms. The number of ketones is 1. The van der Waals surface area contributed by atoms with Crippen LogP contribution in [0.5, 0.6) is 0 Å². The number of amides is 1. The standard InChI is InChI=1S/C22H30N2O4/c1-2-24(14-22(27)28)19-12-18(13-19)23-21(26)10-9-20(25)17-8-7-15-5-3-4-6-16(15)11-17/h7-8,11,18-19H,2-6,9-10,12-14H2,1H3,(H,23,26)(H,27,28). The van der Waals surface area contributed by atoms with Crippen LogP contribution < -0.4 is 5.32 Å². The zero-order valence-electron chi connectivity index (χ0n) is 16.6. The molecule has 0 atom stereocenters. The molecule has 1 saturated carbocycles. The number of carboxylic acid groups (broad SMARTS) is 1. The summed E-state index contributed by atoms with van der Waals surface area (Å²) in [6.45, 7) is 2.67. The maximum Gasteiger partial charge on any atom is 0.317 e. The lowest BCUT2D eigenvalue weighted by atomic mass is 9.85. The van der Waals surface area contributed by atoms with Crippen LogP contribution in [0.4, 0.5) is 0 Å². The summed E-state index contributed by atoms with van der Waals surface area (Å²) in [6.07, 6.45) is 6.49. The number of hydrogen-bond donors (Lipinski definition) is 2. The van der Waals surface area contributed by atoms with Crippen LogP contribution >= 0.6 is 0 Å². The summed E-state index contributed by atoms with van der Waals surface area (Å²) in [5, 5.41) is 11.9. The second kappa shape index (κ2) is 9.32. The Morgan fingerprint density at radius 3 is 2.50 bits per heavy atom. The fourth-order valence-electron chi connectivity index (χ4n) is 4.25. The van der Waals surface area contributed by atoms with Crippen molar-refractivity contribution < 1.29 is 19.5 Å². The van der Waals surface area contributed by atoms with Gasteiger partial charge in [0.15, 0.2) is 5.78 Å². The van der Waals surface area contributed by atoms with Gasteiger partial charge >= 0.3 is 5.97 Å². The van der Waals surface area contributed by atoms with Crippen LogP contribution in [0.1, 0.15) is 66.9 Å². The van der Waals surface area contributed by atoms with Gasteiger partial charge in [-0.3, -0.25) is 19.3 Å². The Labute approximate surface area is 166 Å². The molecule has 0 spiro atoms. The quantitative estimate of drug-likeness (QED) is 0.637. The first-order valence-corrected chi connectivity index (χ1v) is 10.4. The number of Topliss-reactive ketones (excluding diaryl/α,β-unsaturated/α-hetero) is 1. The molecule has 0 unspecified atom stereocenters. The molecule has 28 heavy (non-hydrogen) atoms. The average molecular weight is 386 g/mol. The van der Waals surface area contributed by atoms with E-state index in [9.17, 15) is 14.4 Å².